The van der Waals surface area contributed by atoms with Crippen LogP contribution in [-0.2, 0) is 6.54 Å². The summed E-state index contributed by atoms with van der Waals surface area (Å²) >= 11 is 6.93. The molecule has 0 fully saturated rings. The van der Waals surface area contributed by atoms with Gasteiger partial charge in [-0.2, -0.15) is 0 Å². The molecule has 110 valence electrons. The summed E-state index contributed by atoms with van der Waals surface area (Å²) in [6.07, 6.45) is 5.82. The van der Waals surface area contributed by atoms with Crippen molar-refractivity contribution in [3.8, 4) is 0 Å². The van der Waals surface area contributed by atoms with Crippen molar-refractivity contribution in [1.29, 1.82) is 5.41 Å². The van der Waals surface area contributed by atoms with Gasteiger partial charge < -0.3 is 10.6 Å². The summed E-state index contributed by atoms with van der Waals surface area (Å²) < 4.78 is 1.80. The van der Waals surface area contributed by atoms with Crippen LogP contribution in [0.1, 0.15) is 12.0 Å². The van der Waals surface area contributed by atoms with E-state index in [2.05, 4.69) is 46.7 Å². The number of nitrogens with zero attached hydrogens (tertiary/aromatic N) is 3. The van der Waals surface area contributed by atoms with E-state index in [0.717, 1.165) is 20.3 Å². The van der Waals surface area contributed by atoms with Crippen molar-refractivity contribution in [2.75, 3.05) is 11.4 Å². The molecule has 0 saturated heterocycles. The first kappa shape index (κ1) is 15.9. The molecule has 0 aliphatic rings. The first-order chi connectivity index (χ1) is 10.1. The first-order valence-electron chi connectivity index (χ1n) is 6.34. The monoisotopic (exact) mass is 411 g/mol. The summed E-state index contributed by atoms with van der Waals surface area (Å²) in [6, 6.07) is 5.87. The third kappa shape index (κ3) is 4.78. The Morgan fingerprint density at radius 1 is 1.33 bits per heavy atom. The van der Waals surface area contributed by atoms with E-state index in [9.17, 15) is 0 Å². The van der Waals surface area contributed by atoms with E-state index in [1.54, 1.807) is 12.4 Å². The molecule has 0 unspecified atom stereocenters. The number of hydrogen-bond donors (Lipinski definition) is 2. The summed E-state index contributed by atoms with van der Waals surface area (Å²) in [7, 11) is 0. The van der Waals surface area contributed by atoms with Gasteiger partial charge in [0.05, 0.1) is 10.3 Å². The molecule has 0 aliphatic heterocycles. The number of pyridine rings is 2. The second kappa shape index (κ2) is 7.51. The average molecular weight is 413 g/mol. The second-order valence-electron chi connectivity index (χ2n) is 4.52. The Bertz CT molecular complexity index is 618. The maximum absolute atomic E-state index is 7.42. The number of halogens is 2. The molecule has 0 saturated carbocycles. The maximum atomic E-state index is 7.42. The average Bonchev–Trinajstić information content (AvgIpc) is 2.45. The number of nitrogens with two attached hydrogens (primary N) is 1. The van der Waals surface area contributed by atoms with Crippen LogP contribution in [0.5, 0.6) is 0 Å². The van der Waals surface area contributed by atoms with Crippen molar-refractivity contribution in [3.05, 3.63) is 51.3 Å². The Morgan fingerprint density at radius 3 is 2.76 bits per heavy atom. The molecular formula is C14H15Br2N5. The molecule has 2 heterocycles. The van der Waals surface area contributed by atoms with Crippen LogP contribution < -0.4 is 10.6 Å². The Hall–Kier alpha value is -1.47. The van der Waals surface area contributed by atoms with Gasteiger partial charge in [0.15, 0.2) is 0 Å². The lowest BCUT2D eigenvalue weighted by Gasteiger charge is -2.24. The molecule has 5 nitrogen and oxygen atoms in total. The molecule has 21 heavy (non-hydrogen) atoms. The van der Waals surface area contributed by atoms with E-state index >= 15 is 0 Å². The molecule has 0 amide bonds. The number of nitrogens with one attached hydrogen (secondary N) is 1. The topological polar surface area (TPSA) is 78.9 Å². The van der Waals surface area contributed by atoms with Gasteiger partial charge in [-0.05, 0) is 49.6 Å². The van der Waals surface area contributed by atoms with Gasteiger partial charge in [-0.15, -0.1) is 0 Å². The normalized spacial score (nSPS) is 10.4. The molecule has 7 heteroatoms. The van der Waals surface area contributed by atoms with Crippen molar-refractivity contribution < 1.29 is 0 Å². The molecule has 2 aromatic heterocycles. The lowest BCUT2D eigenvalue weighted by atomic mass is 10.2. The minimum absolute atomic E-state index is 0.166. The Morgan fingerprint density at radius 2 is 2.14 bits per heavy atom. The Balaban J connectivity index is 2.24. The van der Waals surface area contributed by atoms with Gasteiger partial charge >= 0.3 is 0 Å². The molecule has 0 atom stereocenters. The summed E-state index contributed by atoms with van der Waals surface area (Å²) in [4.78, 5) is 10.7. The standard InChI is InChI=1S/C14H15Br2N5/c15-11-6-12(16)14(20-8-11)21(5-3-13(17)18)9-10-2-1-4-19-7-10/h1-2,4,6-8H,3,5,9H2,(H3,17,18). The predicted molar refractivity (Wildman–Crippen MR) is 91.5 cm³/mol. The van der Waals surface area contributed by atoms with Gasteiger partial charge in [0.1, 0.15) is 5.82 Å². The van der Waals surface area contributed by atoms with Crippen LogP contribution in [0.25, 0.3) is 0 Å². The largest absolute Gasteiger partial charge is 0.388 e. The van der Waals surface area contributed by atoms with Crippen molar-refractivity contribution in [2.24, 2.45) is 5.73 Å². The highest BCUT2D eigenvalue weighted by Gasteiger charge is 2.13. The fraction of sp³-hybridized carbons (Fsp3) is 0.214. The summed E-state index contributed by atoms with van der Waals surface area (Å²) in [5.74, 6) is 0.989. The summed E-state index contributed by atoms with van der Waals surface area (Å²) in [5.41, 5.74) is 6.56. The number of anilines is 1. The summed E-state index contributed by atoms with van der Waals surface area (Å²) in [5, 5.41) is 7.42. The number of amidine groups is 1. The molecule has 2 aromatic rings. The SMILES string of the molecule is N=C(N)CCN(Cc1cccnc1)c1ncc(Br)cc1Br. The molecule has 2 rings (SSSR count). The zero-order valence-corrected chi connectivity index (χ0v) is 14.4. The van der Waals surface area contributed by atoms with Gasteiger partial charge in [0, 0.05) is 42.6 Å². The highest BCUT2D eigenvalue weighted by atomic mass is 79.9. The zero-order chi connectivity index (χ0) is 15.2. The number of rotatable bonds is 6. The first-order valence-corrected chi connectivity index (χ1v) is 7.92. The Kier molecular flexibility index (Phi) is 5.69. The van der Waals surface area contributed by atoms with E-state index < -0.39 is 0 Å². The van der Waals surface area contributed by atoms with Gasteiger partial charge in [0.2, 0.25) is 0 Å². The van der Waals surface area contributed by atoms with Crippen LogP contribution in [0.4, 0.5) is 5.82 Å². The van der Waals surface area contributed by atoms with Gasteiger partial charge in [-0.1, -0.05) is 6.07 Å². The van der Waals surface area contributed by atoms with Crippen LogP contribution in [0.3, 0.4) is 0 Å². The van der Waals surface area contributed by atoms with E-state index in [4.69, 9.17) is 11.1 Å². The molecular weight excluding hydrogens is 398 g/mol. The lowest BCUT2D eigenvalue weighted by molar-refractivity contribution is 0.781. The minimum atomic E-state index is 0.166. The van der Waals surface area contributed by atoms with Gasteiger partial charge in [-0.25, -0.2) is 4.98 Å². The zero-order valence-electron chi connectivity index (χ0n) is 11.3. The number of aromatic nitrogens is 2. The van der Waals surface area contributed by atoms with Crippen LogP contribution in [0.2, 0.25) is 0 Å². The molecule has 0 aliphatic carbocycles. The van der Waals surface area contributed by atoms with E-state index in [-0.39, 0.29) is 5.84 Å². The Labute approximate surface area is 140 Å². The number of hydrogen-bond acceptors (Lipinski definition) is 4. The van der Waals surface area contributed by atoms with Crippen LogP contribution in [-0.4, -0.2) is 22.3 Å². The second-order valence-corrected chi connectivity index (χ2v) is 6.29. The van der Waals surface area contributed by atoms with Gasteiger partial charge in [0.25, 0.3) is 0 Å². The molecule has 0 spiro atoms. The minimum Gasteiger partial charge on any atom is -0.388 e. The van der Waals surface area contributed by atoms with Crippen molar-refractivity contribution >= 4 is 43.5 Å². The van der Waals surface area contributed by atoms with Crippen LogP contribution in [0.15, 0.2) is 45.7 Å². The fourth-order valence-corrected chi connectivity index (χ4v) is 3.11. The highest BCUT2D eigenvalue weighted by Crippen LogP contribution is 2.27. The van der Waals surface area contributed by atoms with Crippen LogP contribution in [0, 0.1) is 5.41 Å². The van der Waals surface area contributed by atoms with Crippen LogP contribution >= 0.6 is 31.9 Å². The molecule has 0 aromatic carbocycles. The third-order valence-corrected chi connectivity index (χ3v) is 3.85. The fourth-order valence-electron chi connectivity index (χ4n) is 1.87. The maximum Gasteiger partial charge on any atom is 0.143 e. The smallest absolute Gasteiger partial charge is 0.143 e. The van der Waals surface area contributed by atoms with E-state index in [1.165, 1.54) is 0 Å². The van der Waals surface area contributed by atoms with E-state index in [1.807, 2.05) is 24.4 Å². The van der Waals surface area contributed by atoms with E-state index in [0.29, 0.717) is 19.5 Å². The molecule has 3 N–H and O–H groups in total. The summed E-state index contributed by atoms with van der Waals surface area (Å²) in [6.45, 7) is 1.28. The van der Waals surface area contributed by atoms with Crippen molar-refractivity contribution in [1.82, 2.24) is 9.97 Å². The highest BCUT2D eigenvalue weighted by molar-refractivity contribution is 9.11. The lowest BCUT2D eigenvalue weighted by Crippen LogP contribution is -2.28. The van der Waals surface area contributed by atoms with Gasteiger partial charge in [-0.3, -0.25) is 10.4 Å². The van der Waals surface area contributed by atoms with Crippen molar-refractivity contribution in [2.45, 2.75) is 13.0 Å². The molecule has 0 radical (unpaired) electrons. The predicted octanol–water partition coefficient (Wildman–Crippen LogP) is 3.33. The molecule has 0 bridgehead atoms. The quantitative estimate of drug-likeness (QED) is 0.563. The van der Waals surface area contributed by atoms with Crippen molar-refractivity contribution in [3.63, 3.8) is 0 Å². The third-order valence-electron chi connectivity index (χ3n) is 2.84.